The van der Waals surface area contributed by atoms with Crippen LogP contribution in [0.4, 0.5) is 0 Å². The van der Waals surface area contributed by atoms with E-state index in [2.05, 4.69) is 57.2 Å². The summed E-state index contributed by atoms with van der Waals surface area (Å²) in [5.41, 5.74) is 0. The normalized spacial score (nSPS) is 12.2. The van der Waals surface area contributed by atoms with E-state index in [-0.39, 0.29) is 31.1 Å². The summed E-state index contributed by atoms with van der Waals surface area (Å²) in [6, 6.07) is 0. The van der Waals surface area contributed by atoms with E-state index in [4.69, 9.17) is 14.2 Å². The van der Waals surface area contributed by atoms with E-state index in [0.717, 1.165) is 70.6 Å². The van der Waals surface area contributed by atoms with E-state index in [1.165, 1.54) is 283 Å². The van der Waals surface area contributed by atoms with E-state index >= 15 is 0 Å². The Bertz CT molecular complexity index is 1320. The number of unbranched alkanes of at least 4 members (excludes halogenated alkanes) is 49. The number of hydrogen-bond donors (Lipinski definition) is 0. The predicted molar refractivity (Wildman–Crippen MR) is 344 cm³/mol. The van der Waals surface area contributed by atoms with Gasteiger partial charge in [0.05, 0.1) is 0 Å². The van der Waals surface area contributed by atoms with Crippen LogP contribution >= 0.6 is 0 Å². The monoisotopic (exact) mass is 1110 g/mol. The van der Waals surface area contributed by atoms with Crippen LogP contribution in [0.2, 0.25) is 0 Å². The molecule has 464 valence electrons. The molecular weight excluding hydrogens is 973 g/mol. The third kappa shape index (κ3) is 66.3. The van der Waals surface area contributed by atoms with Gasteiger partial charge in [-0.25, -0.2) is 0 Å². The Morgan fingerprint density at radius 3 is 0.709 bits per heavy atom. The number of carbonyl (C=O) groups excluding carboxylic acids is 3. The number of rotatable bonds is 66. The van der Waals surface area contributed by atoms with Crippen LogP contribution in [-0.2, 0) is 28.6 Å². The van der Waals surface area contributed by atoms with Gasteiger partial charge in [0.1, 0.15) is 13.2 Å². The fourth-order valence-corrected chi connectivity index (χ4v) is 10.8. The standard InChI is InChI=1S/C73H136O6/c1-4-7-10-13-15-17-19-21-23-25-27-29-31-32-33-34-35-36-37-38-39-40-42-43-45-47-49-51-53-55-57-60-63-66-72(75)78-69-70(68-77-71(74)65-62-59-12-9-6-3)79-73(76)67-64-61-58-56-54-52-50-48-46-44-41-30-28-26-24-22-20-18-16-14-11-8-5-2/h19,21,25-28,70H,4-18,20,22-24,29-69H2,1-3H3/b21-19-,27-25-,28-26-. The molecule has 0 aromatic carbocycles. The zero-order chi connectivity index (χ0) is 57.1. The summed E-state index contributed by atoms with van der Waals surface area (Å²) < 4.78 is 16.8. The molecule has 6 nitrogen and oxygen atoms in total. The van der Waals surface area contributed by atoms with Gasteiger partial charge in [-0.15, -0.1) is 0 Å². The van der Waals surface area contributed by atoms with Crippen LogP contribution in [0.3, 0.4) is 0 Å². The number of hydrogen-bond acceptors (Lipinski definition) is 6. The second-order valence-corrected chi connectivity index (χ2v) is 24.1. The van der Waals surface area contributed by atoms with E-state index in [0.29, 0.717) is 19.3 Å². The van der Waals surface area contributed by atoms with Crippen molar-refractivity contribution in [1.82, 2.24) is 0 Å². The minimum atomic E-state index is -0.766. The van der Waals surface area contributed by atoms with Crippen molar-refractivity contribution in [1.29, 1.82) is 0 Å². The van der Waals surface area contributed by atoms with Crippen molar-refractivity contribution in [2.24, 2.45) is 0 Å². The van der Waals surface area contributed by atoms with Crippen LogP contribution in [-0.4, -0.2) is 37.2 Å². The molecule has 0 aliphatic carbocycles. The van der Waals surface area contributed by atoms with Gasteiger partial charge in [-0.05, 0) is 77.0 Å². The maximum absolute atomic E-state index is 12.8. The van der Waals surface area contributed by atoms with Crippen LogP contribution in [0.15, 0.2) is 36.5 Å². The molecule has 79 heavy (non-hydrogen) atoms. The second-order valence-electron chi connectivity index (χ2n) is 24.1. The summed E-state index contributed by atoms with van der Waals surface area (Å²) in [6.45, 7) is 6.61. The first-order valence-corrected chi connectivity index (χ1v) is 35.5. The van der Waals surface area contributed by atoms with Gasteiger partial charge in [0.25, 0.3) is 0 Å². The molecule has 0 bridgehead atoms. The van der Waals surface area contributed by atoms with Gasteiger partial charge < -0.3 is 14.2 Å². The van der Waals surface area contributed by atoms with Crippen LogP contribution in [0.1, 0.15) is 393 Å². The summed E-state index contributed by atoms with van der Waals surface area (Å²) >= 11 is 0. The first-order valence-electron chi connectivity index (χ1n) is 35.5. The summed E-state index contributed by atoms with van der Waals surface area (Å²) in [7, 11) is 0. The van der Waals surface area contributed by atoms with Crippen molar-refractivity contribution >= 4 is 17.9 Å². The number of carbonyl (C=O) groups is 3. The van der Waals surface area contributed by atoms with Gasteiger partial charge in [0.2, 0.25) is 0 Å². The highest BCUT2D eigenvalue weighted by Gasteiger charge is 2.19. The van der Waals surface area contributed by atoms with Gasteiger partial charge in [-0.1, -0.05) is 333 Å². The van der Waals surface area contributed by atoms with Crippen molar-refractivity contribution in [3.63, 3.8) is 0 Å². The Hall–Kier alpha value is -2.37. The first kappa shape index (κ1) is 76.6. The largest absolute Gasteiger partial charge is 0.462 e. The summed E-state index contributed by atoms with van der Waals surface area (Å²) in [4.78, 5) is 38.0. The molecule has 0 N–H and O–H groups in total. The molecule has 1 unspecified atom stereocenters. The van der Waals surface area contributed by atoms with Crippen molar-refractivity contribution in [2.45, 2.75) is 399 Å². The lowest BCUT2D eigenvalue weighted by atomic mass is 10.0. The molecule has 0 aliphatic rings. The quantitative estimate of drug-likeness (QED) is 0.0261. The average molecular weight is 1110 g/mol. The molecule has 6 heteroatoms. The first-order chi connectivity index (χ1) is 39.0. The molecule has 1 atom stereocenters. The number of esters is 3. The van der Waals surface area contributed by atoms with Gasteiger partial charge >= 0.3 is 17.9 Å². The van der Waals surface area contributed by atoms with Gasteiger partial charge in [-0.2, -0.15) is 0 Å². The SMILES string of the molecule is CCCCCCC/C=C\C/C=C\CCCCCCCCCCCCCCCCCCCCCCCC(=O)OCC(COC(=O)CCCCCCC)OC(=O)CCCCCCCCCCCCC/C=C\CCCCCCCCCC. The van der Waals surface area contributed by atoms with Crippen LogP contribution in [0.25, 0.3) is 0 Å². The molecule has 0 saturated heterocycles. The molecular formula is C73H136O6. The highest BCUT2D eigenvalue weighted by atomic mass is 16.6. The lowest BCUT2D eigenvalue weighted by Gasteiger charge is -2.18. The van der Waals surface area contributed by atoms with Crippen LogP contribution < -0.4 is 0 Å². The molecule has 0 aliphatic heterocycles. The molecule has 0 radical (unpaired) electrons. The van der Waals surface area contributed by atoms with Gasteiger partial charge in [0.15, 0.2) is 6.10 Å². The fraction of sp³-hybridized carbons (Fsp3) is 0.877. The van der Waals surface area contributed by atoms with E-state index in [1.54, 1.807) is 0 Å². The smallest absolute Gasteiger partial charge is 0.306 e. The Kier molecular flexibility index (Phi) is 66.1. The third-order valence-electron chi connectivity index (χ3n) is 16.1. The van der Waals surface area contributed by atoms with E-state index < -0.39 is 6.10 Å². The Balaban J connectivity index is 3.90. The Morgan fingerprint density at radius 2 is 0.456 bits per heavy atom. The minimum absolute atomic E-state index is 0.0674. The van der Waals surface area contributed by atoms with Crippen molar-refractivity contribution in [3.05, 3.63) is 36.5 Å². The highest BCUT2D eigenvalue weighted by molar-refractivity contribution is 5.71. The minimum Gasteiger partial charge on any atom is -0.462 e. The maximum Gasteiger partial charge on any atom is 0.306 e. The zero-order valence-corrected chi connectivity index (χ0v) is 53.4. The van der Waals surface area contributed by atoms with Crippen molar-refractivity contribution in [2.75, 3.05) is 13.2 Å². The average Bonchev–Trinajstić information content (AvgIpc) is 3.45. The Morgan fingerprint density at radius 1 is 0.253 bits per heavy atom. The lowest BCUT2D eigenvalue weighted by molar-refractivity contribution is -0.167. The molecule has 0 fully saturated rings. The molecule has 0 spiro atoms. The summed E-state index contributed by atoms with van der Waals surface area (Å²) in [6.07, 6.45) is 85.3. The lowest BCUT2D eigenvalue weighted by Crippen LogP contribution is -2.30. The third-order valence-corrected chi connectivity index (χ3v) is 16.1. The van der Waals surface area contributed by atoms with Crippen molar-refractivity contribution < 1.29 is 28.6 Å². The number of ether oxygens (including phenoxy) is 3. The molecule has 0 aromatic heterocycles. The highest BCUT2D eigenvalue weighted by Crippen LogP contribution is 2.18. The molecule has 0 rings (SSSR count). The van der Waals surface area contributed by atoms with Gasteiger partial charge in [-0.3, -0.25) is 14.4 Å². The number of allylic oxidation sites excluding steroid dienone is 6. The van der Waals surface area contributed by atoms with Crippen LogP contribution in [0.5, 0.6) is 0 Å². The summed E-state index contributed by atoms with van der Waals surface area (Å²) in [5, 5.41) is 0. The molecule has 0 amide bonds. The maximum atomic E-state index is 12.8. The second kappa shape index (κ2) is 68.1. The predicted octanol–water partition coefficient (Wildman–Crippen LogP) is 24.3. The molecule has 0 heterocycles. The molecule has 0 aromatic rings. The van der Waals surface area contributed by atoms with E-state index in [9.17, 15) is 14.4 Å². The van der Waals surface area contributed by atoms with Crippen LogP contribution in [0, 0.1) is 0 Å². The zero-order valence-electron chi connectivity index (χ0n) is 53.4. The topological polar surface area (TPSA) is 78.9 Å². The van der Waals surface area contributed by atoms with E-state index in [1.807, 2.05) is 0 Å². The molecule has 0 saturated carbocycles. The Labute approximate surface area is 493 Å². The van der Waals surface area contributed by atoms with Crippen molar-refractivity contribution in [3.8, 4) is 0 Å². The van der Waals surface area contributed by atoms with Gasteiger partial charge in [0, 0.05) is 19.3 Å². The summed E-state index contributed by atoms with van der Waals surface area (Å²) in [5.74, 6) is -0.857. The fourth-order valence-electron chi connectivity index (χ4n) is 10.8.